The number of hydrogen-bond acceptors (Lipinski definition) is 3. The quantitative estimate of drug-likeness (QED) is 0.764. The summed E-state index contributed by atoms with van der Waals surface area (Å²) in [5.74, 6) is -1.28. The van der Waals surface area contributed by atoms with Crippen molar-refractivity contribution in [3.05, 3.63) is 69.7 Å². The lowest BCUT2D eigenvalue weighted by molar-refractivity contribution is -0.153. The average molecular weight is 377 g/mol. The molecular formula is C18H14Cl2N2O3. The Morgan fingerprint density at radius 3 is 2.16 bits per heavy atom. The minimum atomic E-state index is -0.472. The van der Waals surface area contributed by atoms with Gasteiger partial charge in [-0.25, -0.2) is 5.01 Å². The van der Waals surface area contributed by atoms with E-state index in [2.05, 4.69) is 0 Å². The summed E-state index contributed by atoms with van der Waals surface area (Å²) in [6.45, 7) is 0.0125. The first-order valence-electron chi connectivity index (χ1n) is 7.64. The fourth-order valence-corrected chi connectivity index (χ4v) is 2.92. The highest BCUT2D eigenvalue weighted by Crippen LogP contribution is 2.24. The molecule has 5 nitrogen and oxygen atoms in total. The van der Waals surface area contributed by atoms with Crippen LogP contribution in [0.3, 0.4) is 0 Å². The van der Waals surface area contributed by atoms with Gasteiger partial charge in [-0.15, -0.1) is 0 Å². The van der Waals surface area contributed by atoms with E-state index in [0.29, 0.717) is 21.2 Å². The van der Waals surface area contributed by atoms with Gasteiger partial charge in [-0.3, -0.25) is 14.4 Å². The molecule has 0 bridgehead atoms. The molecule has 128 valence electrons. The van der Waals surface area contributed by atoms with Crippen LogP contribution in [-0.4, -0.2) is 27.7 Å². The maximum atomic E-state index is 12.9. The van der Waals surface area contributed by atoms with Gasteiger partial charge in [-0.1, -0.05) is 41.4 Å². The molecule has 1 heterocycles. The maximum absolute atomic E-state index is 12.9. The molecule has 25 heavy (non-hydrogen) atoms. The number of carbonyl (C=O) groups is 3. The van der Waals surface area contributed by atoms with E-state index in [0.717, 1.165) is 10.0 Å². The first-order chi connectivity index (χ1) is 12.0. The number of rotatable bonds is 4. The number of nitrogens with zero attached hydrogens (tertiary/aromatic N) is 2. The number of halogens is 2. The Bertz CT molecular complexity index is 820. The Balaban J connectivity index is 1.98. The molecule has 3 rings (SSSR count). The van der Waals surface area contributed by atoms with Crippen molar-refractivity contribution in [2.75, 3.05) is 0 Å². The lowest BCUT2D eigenvalue weighted by Crippen LogP contribution is -2.48. The van der Waals surface area contributed by atoms with E-state index < -0.39 is 17.7 Å². The number of amides is 3. The van der Waals surface area contributed by atoms with Crippen LogP contribution in [0.5, 0.6) is 0 Å². The van der Waals surface area contributed by atoms with E-state index in [1.54, 1.807) is 48.5 Å². The van der Waals surface area contributed by atoms with E-state index >= 15 is 0 Å². The van der Waals surface area contributed by atoms with Crippen LogP contribution >= 0.6 is 23.2 Å². The normalized spacial score (nSPS) is 14.1. The maximum Gasteiger partial charge on any atom is 0.273 e. The molecule has 7 heteroatoms. The number of imide groups is 1. The van der Waals surface area contributed by atoms with Gasteiger partial charge in [0.1, 0.15) is 0 Å². The lowest BCUT2D eigenvalue weighted by atomic mass is 10.2. The molecule has 0 saturated carbocycles. The Labute approximate surface area is 154 Å². The second kappa shape index (κ2) is 7.25. The van der Waals surface area contributed by atoms with Crippen molar-refractivity contribution >= 4 is 40.9 Å². The van der Waals surface area contributed by atoms with Gasteiger partial charge in [0.25, 0.3) is 5.91 Å². The van der Waals surface area contributed by atoms with Gasteiger partial charge in [0.05, 0.1) is 6.54 Å². The standard InChI is InChI=1S/C18H14Cl2N2O3/c19-14-7-5-12(6-8-14)18(25)21(22-16(23)9-10-17(22)24)11-13-3-1-2-4-15(13)20/h1-8H,9-11H2. The average Bonchev–Trinajstić information content (AvgIpc) is 2.93. The van der Waals surface area contributed by atoms with E-state index in [-0.39, 0.29) is 19.4 Å². The molecule has 0 N–H and O–H groups in total. The van der Waals surface area contributed by atoms with Crippen LogP contribution in [0.4, 0.5) is 0 Å². The second-order valence-electron chi connectivity index (χ2n) is 5.56. The third-order valence-corrected chi connectivity index (χ3v) is 4.49. The van der Waals surface area contributed by atoms with Gasteiger partial charge in [0.15, 0.2) is 0 Å². The van der Waals surface area contributed by atoms with Crippen LogP contribution in [0.1, 0.15) is 28.8 Å². The molecule has 2 aromatic carbocycles. The summed E-state index contributed by atoms with van der Waals surface area (Å²) in [4.78, 5) is 37.2. The Kier molecular flexibility index (Phi) is 5.06. The molecule has 3 amide bonds. The molecule has 0 atom stereocenters. The SMILES string of the molecule is O=C(c1ccc(Cl)cc1)N(Cc1ccccc1Cl)N1C(=O)CCC1=O. The van der Waals surface area contributed by atoms with Crippen molar-refractivity contribution in [2.45, 2.75) is 19.4 Å². The highest BCUT2D eigenvalue weighted by atomic mass is 35.5. The van der Waals surface area contributed by atoms with Crippen molar-refractivity contribution in [1.29, 1.82) is 0 Å². The minimum Gasteiger partial charge on any atom is -0.273 e. The largest absolute Gasteiger partial charge is 0.273 e. The molecule has 2 aromatic rings. The fraction of sp³-hybridized carbons (Fsp3) is 0.167. The monoisotopic (exact) mass is 376 g/mol. The van der Waals surface area contributed by atoms with Gasteiger partial charge >= 0.3 is 0 Å². The third-order valence-electron chi connectivity index (χ3n) is 3.87. The summed E-state index contributed by atoms with van der Waals surface area (Å²) in [6.07, 6.45) is 0.178. The van der Waals surface area contributed by atoms with Crippen LogP contribution in [-0.2, 0) is 16.1 Å². The third kappa shape index (κ3) is 3.67. The molecule has 0 radical (unpaired) electrons. The van der Waals surface area contributed by atoms with Gasteiger partial charge in [0.2, 0.25) is 11.8 Å². The van der Waals surface area contributed by atoms with Crippen LogP contribution in [0.25, 0.3) is 0 Å². The van der Waals surface area contributed by atoms with E-state index in [1.165, 1.54) is 0 Å². The Hall–Kier alpha value is -2.37. The molecule has 0 aliphatic carbocycles. The van der Waals surface area contributed by atoms with Gasteiger partial charge in [-0.05, 0) is 35.9 Å². The Morgan fingerprint density at radius 2 is 1.56 bits per heavy atom. The number of carbonyl (C=O) groups excluding carboxylic acids is 3. The lowest BCUT2D eigenvalue weighted by Gasteiger charge is -2.30. The highest BCUT2D eigenvalue weighted by molar-refractivity contribution is 6.31. The van der Waals surface area contributed by atoms with Gasteiger partial charge < -0.3 is 0 Å². The number of hydrazine groups is 1. The van der Waals surface area contributed by atoms with Crippen molar-refractivity contribution in [3.63, 3.8) is 0 Å². The van der Waals surface area contributed by atoms with E-state index in [9.17, 15) is 14.4 Å². The molecule has 1 fully saturated rings. The predicted octanol–water partition coefficient (Wildman–Crippen LogP) is 3.70. The van der Waals surface area contributed by atoms with Crippen molar-refractivity contribution in [2.24, 2.45) is 0 Å². The zero-order chi connectivity index (χ0) is 18.0. The van der Waals surface area contributed by atoms with E-state index in [4.69, 9.17) is 23.2 Å². The predicted molar refractivity (Wildman–Crippen MR) is 93.9 cm³/mol. The van der Waals surface area contributed by atoms with Crippen LogP contribution < -0.4 is 0 Å². The zero-order valence-corrected chi connectivity index (χ0v) is 14.6. The van der Waals surface area contributed by atoms with E-state index in [1.807, 2.05) is 0 Å². The molecule has 1 aliphatic heterocycles. The van der Waals surface area contributed by atoms with Crippen LogP contribution in [0.15, 0.2) is 48.5 Å². The van der Waals surface area contributed by atoms with Crippen LogP contribution in [0.2, 0.25) is 10.0 Å². The summed E-state index contributed by atoms with van der Waals surface area (Å²) >= 11 is 12.0. The summed E-state index contributed by atoms with van der Waals surface area (Å²) in [5.41, 5.74) is 0.961. The molecule has 1 aliphatic rings. The number of hydrogen-bond donors (Lipinski definition) is 0. The number of benzene rings is 2. The molecule has 0 unspecified atom stereocenters. The van der Waals surface area contributed by atoms with Crippen LogP contribution in [0, 0.1) is 0 Å². The molecular weight excluding hydrogens is 363 g/mol. The summed E-state index contributed by atoms with van der Waals surface area (Å²) < 4.78 is 0. The second-order valence-corrected chi connectivity index (χ2v) is 6.40. The summed E-state index contributed by atoms with van der Waals surface area (Å²) in [5, 5.41) is 3.00. The Morgan fingerprint density at radius 1 is 0.960 bits per heavy atom. The first kappa shape index (κ1) is 17.5. The minimum absolute atomic E-state index is 0.0125. The van der Waals surface area contributed by atoms with Crippen molar-refractivity contribution in [3.8, 4) is 0 Å². The topological polar surface area (TPSA) is 57.7 Å². The summed E-state index contributed by atoms with van der Waals surface area (Å²) in [7, 11) is 0. The smallest absolute Gasteiger partial charge is 0.273 e. The molecule has 0 spiro atoms. The zero-order valence-electron chi connectivity index (χ0n) is 13.1. The van der Waals surface area contributed by atoms with Gasteiger partial charge in [0, 0.05) is 28.5 Å². The fourth-order valence-electron chi connectivity index (χ4n) is 2.60. The van der Waals surface area contributed by atoms with Crippen molar-refractivity contribution < 1.29 is 14.4 Å². The first-order valence-corrected chi connectivity index (χ1v) is 8.39. The van der Waals surface area contributed by atoms with Crippen molar-refractivity contribution in [1.82, 2.24) is 10.0 Å². The molecule has 1 saturated heterocycles. The summed E-state index contributed by atoms with van der Waals surface area (Å²) in [6, 6.07) is 13.2. The van der Waals surface area contributed by atoms with Gasteiger partial charge in [-0.2, -0.15) is 5.01 Å². The highest BCUT2D eigenvalue weighted by Gasteiger charge is 2.37. The molecule has 0 aromatic heterocycles.